The van der Waals surface area contributed by atoms with Crippen LogP contribution >= 0.6 is 0 Å². The minimum atomic E-state index is -0.0459. The van der Waals surface area contributed by atoms with Gasteiger partial charge in [0.1, 0.15) is 5.82 Å². The number of ether oxygens (including phenoxy) is 1. The summed E-state index contributed by atoms with van der Waals surface area (Å²) in [7, 11) is 0. The van der Waals surface area contributed by atoms with Gasteiger partial charge in [-0.3, -0.25) is 0 Å². The minimum Gasteiger partial charge on any atom is -0.509 e. The van der Waals surface area contributed by atoms with Gasteiger partial charge in [0, 0.05) is 61.4 Å². The van der Waals surface area contributed by atoms with Crippen molar-refractivity contribution in [2.75, 3.05) is 9.80 Å². The summed E-state index contributed by atoms with van der Waals surface area (Å²) in [6.07, 6.45) is 1.92. The quantitative estimate of drug-likeness (QED) is 0.149. The Kier molecular flexibility index (Phi) is 10.9. The van der Waals surface area contributed by atoms with E-state index in [2.05, 4.69) is 204 Å². The first-order chi connectivity index (χ1) is 28.3. The number of hydrogen-bond donors (Lipinski definition) is 0. The van der Waals surface area contributed by atoms with Crippen LogP contribution < -0.4 is 14.5 Å². The molecule has 0 saturated carbocycles. The van der Waals surface area contributed by atoms with E-state index in [0.717, 1.165) is 56.0 Å². The first-order valence-corrected chi connectivity index (χ1v) is 20.4. The van der Waals surface area contributed by atoms with E-state index in [1.54, 1.807) is 0 Å². The van der Waals surface area contributed by atoms with E-state index >= 15 is 0 Å². The van der Waals surface area contributed by atoms with Gasteiger partial charge >= 0.3 is 0 Å². The molecule has 0 unspecified atom stereocenters. The summed E-state index contributed by atoms with van der Waals surface area (Å²) in [6.45, 7) is 20.1. The number of pyridine rings is 1. The largest absolute Gasteiger partial charge is 0.509 e. The maximum Gasteiger partial charge on any atom is 0.136 e. The van der Waals surface area contributed by atoms with Crippen molar-refractivity contribution in [2.45, 2.75) is 66.2 Å². The van der Waals surface area contributed by atoms with Gasteiger partial charge in [-0.2, -0.15) is 12.1 Å². The van der Waals surface area contributed by atoms with E-state index in [-0.39, 0.29) is 31.9 Å². The zero-order chi connectivity index (χ0) is 41.1. The molecule has 0 atom stereocenters. The van der Waals surface area contributed by atoms with Crippen molar-refractivity contribution in [3.05, 3.63) is 187 Å². The molecule has 9 rings (SSSR count). The van der Waals surface area contributed by atoms with Crippen LogP contribution in [0.1, 0.15) is 66.5 Å². The van der Waals surface area contributed by atoms with Gasteiger partial charge in [-0.25, -0.2) is 4.98 Å². The van der Waals surface area contributed by atoms with Gasteiger partial charge in [0.05, 0.1) is 0 Å². The zero-order valence-corrected chi connectivity index (χ0v) is 37.7. The van der Waals surface area contributed by atoms with E-state index in [0.29, 0.717) is 11.5 Å². The normalized spacial score (nSPS) is 13.3. The van der Waals surface area contributed by atoms with Crippen molar-refractivity contribution in [1.29, 1.82) is 0 Å². The van der Waals surface area contributed by atoms with Gasteiger partial charge in [-0.1, -0.05) is 126 Å². The summed E-state index contributed by atoms with van der Waals surface area (Å²) in [5.41, 5.74) is 13.6. The van der Waals surface area contributed by atoms with Crippen molar-refractivity contribution < 1.29 is 25.8 Å². The number of anilines is 2. The Morgan fingerprint density at radius 2 is 1.30 bits per heavy atom. The number of nitrogens with zero attached hydrogens (tertiary/aromatic N) is 4. The topological polar surface area (TPSA) is 33.5 Å². The maximum absolute atomic E-state index is 6.58. The van der Waals surface area contributed by atoms with Crippen LogP contribution in [0.3, 0.4) is 0 Å². The van der Waals surface area contributed by atoms with E-state index in [4.69, 9.17) is 9.72 Å². The van der Waals surface area contributed by atoms with Gasteiger partial charge in [0.2, 0.25) is 0 Å². The fourth-order valence-corrected chi connectivity index (χ4v) is 8.12. The molecule has 0 aliphatic carbocycles. The van der Waals surface area contributed by atoms with Crippen molar-refractivity contribution >= 4 is 33.2 Å². The Morgan fingerprint density at radius 1 is 0.583 bits per heavy atom. The van der Waals surface area contributed by atoms with Crippen LogP contribution in [-0.4, -0.2) is 9.55 Å². The first-order valence-electron chi connectivity index (χ1n) is 20.4. The van der Waals surface area contributed by atoms with Crippen LogP contribution in [0, 0.1) is 18.8 Å². The number of aromatic nitrogens is 2. The number of para-hydroxylation sites is 1. The Labute approximate surface area is 369 Å². The van der Waals surface area contributed by atoms with Gasteiger partial charge in [0.25, 0.3) is 0 Å². The Morgan fingerprint density at radius 3 is 2.08 bits per heavy atom. The molecule has 0 amide bonds. The number of benzene rings is 6. The van der Waals surface area contributed by atoms with Crippen molar-refractivity contribution in [2.24, 2.45) is 0 Å². The Balaban J connectivity index is 0.00000499. The van der Waals surface area contributed by atoms with Crippen LogP contribution in [0.4, 0.5) is 11.4 Å². The molecule has 0 fully saturated rings. The molecule has 0 spiro atoms. The van der Waals surface area contributed by atoms with Crippen molar-refractivity contribution in [3.8, 4) is 39.6 Å². The number of allylic oxidation sites excluding steroid dienone is 2. The molecule has 60 heavy (non-hydrogen) atoms. The molecule has 6 aromatic carbocycles. The Bertz CT molecular complexity index is 2900. The number of hydrogen-bond acceptors (Lipinski definition) is 4. The minimum absolute atomic E-state index is 0. The fourth-order valence-electron chi connectivity index (χ4n) is 8.12. The molecule has 304 valence electrons. The SMILES string of the molecule is CC1=C(C)N(c2cccc(-c3ccccc3)c2)[CH-]N1c1[c-]c(Oc2[c-]c3c(cc2)c2ccccc2n3-c2cc(-c3ccc(C(C)(C)C)cc3C(C)(C)C)ccn2)ccc1.[Pt]. The molecule has 2 aromatic heterocycles. The molecule has 0 saturated heterocycles. The molecule has 3 heterocycles. The standard InChI is InChI=1S/C54H49N4O.Pt/c1-36-37(2)57(35-56(36)42-19-14-18-39(30-42)38-16-10-9-11-17-38)43-20-15-21-44(33-43)59-45-25-27-48-47-22-12-13-23-50(47)58(51(48)34-45)52-31-40(28-29-55-52)46-26-24-41(53(3,4)5)32-49(46)54(6,7)8;/h9-32,35H,1-8H3;/q-3;. The summed E-state index contributed by atoms with van der Waals surface area (Å²) in [4.78, 5) is 9.37. The summed E-state index contributed by atoms with van der Waals surface area (Å²) >= 11 is 0. The van der Waals surface area contributed by atoms with Crippen LogP contribution in [0.5, 0.6) is 11.5 Å². The number of fused-ring (bicyclic) bond motifs is 3. The molecular formula is C54H49N4OPt-3. The van der Waals surface area contributed by atoms with Crippen LogP contribution in [-0.2, 0) is 31.9 Å². The monoisotopic (exact) mass is 964 g/mol. The molecule has 6 heteroatoms. The molecule has 0 bridgehead atoms. The van der Waals surface area contributed by atoms with Crippen molar-refractivity contribution in [3.63, 3.8) is 0 Å². The van der Waals surface area contributed by atoms with Crippen molar-refractivity contribution in [1.82, 2.24) is 9.55 Å². The van der Waals surface area contributed by atoms with Gasteiger partial charge in [-0.15, -0.1) is 48.1 Å². The third-order valence-electron chi connectivity index (χ3n) is 11.5. The molecule has 8 aromatic rings. The van der Waals surface area contributed by atoms with Gasteiger partial charge < -0.3 is 19.1 Å². The first kappa shape index (κ1) is 40.9. The van der Waals surface area contributed by atoms with Gasteiger partial charge in [0.15, 0.2) is 0 Å². The fraction of sp³-hybridized carbons (Fsp3) is 0.185. The molecule has 0 radical (unpaired) electrons. The molecule has 1 aliphatic heterocycles. The Hall–Kier alpha value is -5.90. The zero-order valence-electron chi connectivity index (χ0n) is 35.4. The van der Waals surface area contributed by atoms with Crippen LogP contribution in [0.15, 0.2) is 157 Å². The second-order valence-corrected chi connectivity index (χ2v) is 17.5. The third kappa shape index (κ3) is 7.68. The van der Waals surface area contributed by atoms with Gasteiger partial charge in [-0.05, 0) is 93.8 Å². The summed E-state index contributed by atoms with van der Waals surface area (Å²) in [5.74, 6) is 2.04. The number of rotatable bonds is 7. The molecule has 0 N–H and O–H groups in total. The smallest absolute Gasteiger partial charge is 0.136 e. The summed E-state index contributed by atoms with van der Waals surface area (Å²) < 4.78 is 8.79. The average Bonchev–Trinajstić information content (AvgIpc) is 3.73. The molecule has 1 aliphatic rings. The second kappa shape index (κ2) is 15.9. The third-order valence-corrected chi connectivity index (χ3v) is 11.5. The maximum atomic E-state index is 6.58. The van der Waals surface area contributed by atoms with E-state index in [9.17, 15) is 0 Å². The summed E-state index contributed by atoms with van der Waals surface area (Å²) in [5, 5.41) is 2.22. The van der Waals surface area contributed by atoms with E-state index in [1.807, 2.05) is 30.5 Å². The predicted molar refractivity (Wildman–Crippen MR) is 245 cm³/mol. The van der Waals surface area contributed by atoms with Crippen LogP contribution in [0.25, 0.3) is 49.9 Å². The molecule has 5 nitrogen and oxygen atoms in total. The van der Waals surface area contributed by atoms with E-state index < -0.39 is 0 Å². The predicted octanol–water partition coefficient (Wildman–Crippen LogP) is 14.2. The second-order valence-electron chi connectivity index (χ2n) is 17.5. The average molecular weight is 965 g/mol. The summed E-state index contributed by atoms with van der Waals surface area (Å²) in [6, 6.07) is 56.3. The van der Waals surface area contributed by atoms with E-state index in [1.165, 1.54) is 27.8 Å². The van der Waals surface area contributed by atoms with Crippen LogP contribution in [0.2, 0.25) is 0 Å². The molecular weight excluding hydrogens is 916 g/mol.